The van der Waals surface area contributed by atoms with Crippen LogP contribution in [0.1, 0.15) is 36.3 Å². The molecule has 166 valence electrons. The number of para-hydroxylation sites is 2. The summed E-state index contributed by atoms with van der Waals surface area (Å²) in [5.74, 6) is 2.23. The predicted molar refractivity (Wildman–Crippen MR) is 125 cm³/mol. The van der Waals surface area contributed by atoms with E-state index in [0.29, 0.717) is 33.9 Å². The molecule has 3 aromatic heterocycles. The van der Waals surface area contributed by atoms with Gasteiger partial charge in [-0.2, -0.15) is 0 Å². The summed E-state index contributed by atoms with van der Waals surface area (Å²) in [7, 11) is 1.63. The molecule has 0 saturated heterocycles. The van der Waals surface area contributed by atoms with Crippen LogP contribution in [0.3, 0.4) is 0 Å². The monoisotopic (exact) mass is 469 g/mol. The van der Waals surface area contributed by atoms with Crippen LogP contribution in [-0.2, 0) is 5.75 Å². The van der Waals surface area contributed by atoms with Crippen LogP contribution in [0.5, 0.6) is 5.75 Å². The lowest BCUT2D eigenvalue weighted by molar-refractivity contribution is 0.0915. The second-order valence-corrected chi connectivity index (χ2v) is 9.80. The molecule has 1 amide bonds. The number of amides is 1. The molecule has 0 atom stereocenters. The SMILES string of the molecule is COc1ccccc1-n1c(SCc2nc(C(=O)NC(C)(C)C)cs2)nnc1-c1ccco1. The van der Waals surface area contributed by atoms with E-state index in [9.17, 15) is 4.79 Å². The van der Waals surface area contributed by atoms with E-state index < -0.39 is 0 Å². The molecule has 0 aliphatic heterocycles. The predicted octanol–water partition coefficient (Wildman–Crippen LogP) is 4.81. The van der Waals surface area contributed by atoms with Crippen molar-refractivity contribution in [2.24, 2.45) is 0 Å². The van der Waals surface area contributed by atoms with Crippen molar-refractivity contribution in [2.75, 3.05) is 7.11 Å². The fraction of sp³-hybridized carbons (Fsp3) is 0.273. The molecule has 0 unspecified atom stereocenters. The third-order valence-corrected chi connectivity index (χ3v) is 6.27. The summed E-state index contributed by atoms with van der Waals surface area (Å²) >= 11 is 2.92. The summed E-state index contributed by atoms with van der Waals surface area (Å²) < 4.78 is 13.0. The van der Waals surface area contributed by atoms with Gasteiger partial charge in [0, 0.05) is 10.9 Å². The number of hydrogen-bond donors (Lipinski definition) is 1. The van der Waals surface area contributed by atoms with Gasteiger partial charge in [0.1, 0.15) is 16.5 Å². The van der Waals surface area contributed by atoms with Gasteiger partial charge in [-0.1, -0.05) is 23.9 Å². The maximum atomic E-state index is 12.4. The van der Waals surface area contributed by atoms with Crippen LogP contribution >= 0.6 is 23.1 Å². The highest BCUT2D eigenvalue weighted by molar-refractivity contribution is 7.98. The maximum absolute atomic E-state index is 12.4. The normalized spacial score (nSPS) is 11.5. The van der Waals surface area contributed by atoms with Crippen molar-refractivity contribution >= 4 is 29.0 Å². The van der Waals surface area contributed by atoms with E-state index in [-0.39, 0.29) is 11.4 Å². The van der Waals surface area contributed by atoms with Gasteiger partial charge in [-0.25, -0.2) is 4.98 Å². The third kappa shape index (κ3) is 4.86. The zero-order valence-corrected chi connectivity index (χ0v) is 19.8. The highest BCUT2D eigenvalue weighted by atomic mass is 32.2. The molecule has 32 heavy (non-hydrogen) atoms. The molecule has 4 aromatic rings. The summed E-state index contributed by atoms with van der Waals surface area (Å²) in [5.41, 5.74) is 0.907. The van der Waals surface area contributed by atoms with Gasteiger partial charge in [-0.15, -0.1) is 21.5 Å². The molecule has 0 radical (unpaired) electrons. The van der Waals surface area contributed by atoms with Crippen molar-refractivity contribution in [3.8, 4) is 23.0 Å². The van der Waals surface area contributed by atoms with Crippen LogP contribution in [-0.4, -0.2) is 38.3 Å². The average molecular weight is 470 g/mol. The Balaban J connectivity index is 1.61. The number of methoxy groups -OCH3 is 1. The summed E-state index contributed by atoms with van der Waals surface area (Å²) in [6.07, 6.45) is 1.60. The number of aromatic nitrogens is 4. The number of ether oxygens (including phenoxy) is 1. The van der Waals surface area contributed by atoms with Crippen LogP contribution in [0.15, 0.2) is 57.6 Å². The van der Waals surface area contributed by atoms with E-state index >= 15 is 0 Å². The molecular weight excluding hydrogens is 446 g/mol. The maximum Gasteiger partial charge on any atom is 0.271 e. The zero-order chi connectivity index (χ0) is 22.7. The van der Waals surface area contributed by atoms with Gasteiger partial charge in [-0.3, -0.25) is 9.36 Å². The van der Waals surface area contributed by atoms with E-state index in [2.05, 4.69) is 20.5 Å². The summed E-state index contributed by atoms with van der Waals surface area (Å²) in [5, 5.41) is 14.9. The first-order valence-electron chi connectivity index (χ1n) is 9.88. The van der Waals surface area contributed by atoms with E-state index in [4.69, 9.17) is 9.15 Å². The minimum Gasteiger partial charge on any atom is -0.495 e. The minimum absolute atomic E-state index is 0.178. The molecule has 0 spiro atoms. The lowest BCUT2D eigenvalue weighted by Crippen LogP contribution is -2.40. The van der Waals surface area contributed by atoms with Gasteiger partial charge in [0.25, 0.3) is 5.91 Å². The van der Waals surface area contributed by atoms with Crippen LogP contribution in [0.4, 0.5) is 0 Å². The average Bonchev–Trinajstić information content (AvgIpc) is 3.51. The fourth-order valence-electron chi connectivity index (χ4n) is 2.97. The topological polar surface area (TPSA) is 95.1 Å². The summed E-state index contributed by atoms with van der Waals surface area (Å²) in [6, 6.07) is 11.3. The number of hydrogen-bond acceptors (Lipinski definition) is 8. The lowest BCUT2D eigenvalue weighted by Gasteiger charge is -2.19. The van der Waals surface area contributed by atoms with Crippen molar-refractivity contribution in [2.45, 2.75) is 37.2 Å². The van der Waals surface area contributed by atoms with Crippen molar-refractivity contribution in [1.82, 2.24) is 25.1 Å². The number of benzene rings is 1. The molecule has 8 nitrogen and oxygen atoms in total. The summed E-state index contributed by atoms with van der Waals surface area (Å²) in [6.45, 7) is 5.82. The minimum atomic E-state index is -0.316. The number of thioether (sulfide) groups is 1. The molecular formula is C22H23N5O3S2. The molecule has 0 bridgehead atoms. The zero-order valence-electron chi connectivity index (χ0n) is 18.2. The van der Waals surface area contributed by atoms with Crippen molar-refractivity contribution in [3.63, 3.8) is 0 Å². The van der Waals surface area contributed by atoms with Crippen LogP contribution in [0.2, 0.25) is 0 Å². The number of carbonyl (C=O) groups is 1. The van der Waals surface area contributed by atoms with Crippen LogP contribution in [0, 0.1) is 0 Å². The number of furan rings is 1. The first kappa shape index (κ1) is 22.1. The van der Waals surface area contributed by atoms with E-state index in [0.717, 1.165) is 10.7 Å². The fourth-order valence-corrected chi connectivity index (χ4v) is 4.71. The van der Waals surface area contributed by atoms with Crippen molar-refractivity contribution in [1.29, 1.82) is 0 Å². The van der Waals surface area contributed by atoms with Crippen molar-refractivity contribution in [3.05, 3.63) is 58.7 Å². The molecule has 0 fully saturated rings. The largest absolute Gasteiger partial charge is 0.495 e. The number of nitrogens with one attached hydrogen (secondary N) is 1. The second kappa shape index (κ2) is 9.17. The van der Waals surface area contributed by atoms with Gasteiger partial charge in [-0.05, 0) is 45.0 Å². The van der Waals surface area contributed by atoms with Gasteiger partial charge < -0.3 is 14.5 Å². The third-order valence-electron chi connectivity index (χ3n) is 4.30. The van der Waals surface area contributed by atoms with E-state index in [1.807, 2.05) is 61.7 Å². The molecule has 3 heterocycles. The van der Waals surface area contributed by atoms with Gasteiger partial charge in [0.15, 0.2) is 10.9 Å². The molecule has 4 rings (SSSR count). The Kier molecular flexibility index (Phi) is 6.33. The standard InChI is InChI=1S/C22H23N5O3S2/c1-22(2,3)24-20(28)14-12-31-18(23-14)13-32-21-26-25-19(17-10-7-11-30-17)27(21)15-8-5-6-9-16(15)29-4/h5-12H,13H2,1-4H3,(H,24,28). The Morgan fingerprint density at radius 1 is 1.22 bits per heavy atom. The Morgan fingerprint density at radius 2 is 2.03 bits per heavy atom. The molecule has 0 aliphatic carbocycles. The number of nitrogens with zero attached hydrogens (tertiary/aromatic N) is 4. The van der Waals surface area contributed by atoms with E-state index in [1.165, 1.54) is 23.1 Å². The quantitative estimate of drug-likeness (QED) is 0.388. The van der Waals surface area contributed by atoms with Crippen LogP contribution < -0.4 is 10.1 Å². The number of thiazole rings is 1. The Morgan fingerprint density at radius 3 is 2.75 bits per heavy atom. The number of carbonyl (C=O) groups excluding carboxylic acids is 1. The summed E-state index contributed by atoms with van der Waals surface area (Å²) in [4.78, 5) is 16.9. The van der Waals surface area contributed by atoms with Crippen LogP contribution in [0.25, 0.3) is 17.3 Å². The van der Waals surface area contributed by atoms with E-state index in [1.54, 1.807) is 18.8 Å². The second-order valence-electron chi connectivity index (χ2n) is 7.91. The van der Waals surface area contributed by atoms with Gasteiger partial charge in [0.2, 0.25) is 5.82 Å². The first-order chi connectivity index (χ1) is 15.4. The Labute approximate surface area is 194 Å². The van der Waals surface area contributed by atoms with Crippen molar-refractivity contribution < 1.29 is 13.9 Å². The molecule has 0 saturated carbocycles. The number of rotatable bonds is 7. The smallest absolute Gasteiger partial charge is 0.271 e. The van der Waals surface area contributed by atoms with Gasteiger partial charge in [0.05, 0.1) is 24.8 Å². The molecule has 1 aromatic carbocycles. The highest BCUT2D eigenvalue weighted by Crippen LogP contribution is 2.34. The first-order valence-corrected chi connectivity index (χ1v) is 11.7. The highest BCUT2D eigenvalue weighted by Gasteiger charge is 2.22. The lowest BCUT2D eigenvalue weighted by atomic mass is 10.1. The van der Waals surface area contributed by atoms with Gasteiger partial charge >= 0.3 is 0 Å². The molecule has 1 N–H and O–H groups in total. The molecule has 0 aliphatic rings. The molecule has 10 heteroatoms. The Bertz CT molecular complexity index is 1210. The Hall–Kier alpha value is -3.11.